The number of piperazine rings is 1. The van der Waals surface area contributed by atoms with Gasteiger partial charge in [0, 0.05) is 6.07 Å². The summed E-state index contributed by atoms with van der Waals surface area (Å²) in [6.45, 7) is 2.24. The van der Waals surface area contributed by atoms with E-state index in [9.17, 15) is 9.59 Å². The summed E-state index contributed by atoms with van der Waals surface area (Å²) >= 11 is 0. The topological polar surface area (TPSA) is 75.4 Å². The van der Waals surface area contributed by atoms with Gasteiger partial charge in [0.15, 0.2) is 5.76 Å². The van der Waals surface area contributed by atoms with Crippen molar-refractivity contribution in [2.75, 3.05) is 6.54 Å². The van der Waals surface area contributed by atoms with Crippen LogP contribution in [0.2, 0.25) is 0 Å². The van der Waals surface area contributed by atoms with Crippen molar-refractivity contribution >= 4 is 11.8 Å². The monoisotopic (exact) mass is 263 g/mol. The first-order valence-electron chi connectivity index (χ1n) is 6.62. The van der Waals surface area contributed by atoms with Crippen LogP contribution in [0.3, 0.4) is 0 Å². The average molecular weight is 263 g/mol. The van der Waals surface area contributed by atoms with Gasteiger partial charge in [-0.2, -0.15) is 0 Å². The quantitative estimate of drug-likeness (QED) is 0.854. The standard InChI is InChI=1S/C13H17N3O3/c1-9-6-10(19-15-9)7-16-8-11(17)14-13(12(16)18)4-2-3-5-13/h6H,2-5,7-8H2,1H3,(H,14,17). The second-order valence-corrected chi connectivity index (χ2v) is 5.43. The minimum Gasteiger partial charge on any atom is -0.359 e. The van der Waals surface area contributed by atoms with Crippen molar-refractivity contribution in [3.8, 4) is 0 Å². The van der Waals surface area contributed by atoms with Gasteiger partial charge in [0.1, 0.15) is 12.1 Å². The molecule has 19 heavy (non-hydrogen) atoms. The summed E-state index contributed by atoms with van der Waals surface area (Å²) in [6.07, 6.45) is 3.45. The van der Waals surface area contributed by atoms with Gasteiger partial charge < -0.3 is 14.7 Å². The van der Waals surface area contributed by atoms with Crippen LogP contribution in [0.15, 0.2) is 10.6 Å². The molecule has 6 heteroatoms. The molecule has 1 saturated heterocycles. The molecule has 3 rings (SSSR count). The number of hydrogen-bond donors (Lipinski definition) is 1. The highest BCUT2D eigenvalue weighted by molar-refractivity contribution is 5.98. The van der Waals surface area contributed by atoms with Gasteiger partial charge in [-0.25, -0.2) is 0 Å². The Morgan fingerprint density at radius 3 is 2.79 bits per heavy atom. The molecule has 0 atom stereocenters. The zero-order valence-corrected chi connectivity index (χ0v) is 10.9. The fraction of sp³-hybridized carbons (Fsp3) is 0.615. The van der Waals surface area contributed by atoms with Crippen molar-refractivity contribution in [1.29, 1.82) is 0 Å². The summed E-state index contributed by atoms with van der Waals surface area (Å²) in [5.74, 6) is 0.546. The van der Waals surface area contributed by atoms with Crippen LogP contribution in [0.25, 0.3) is 0 Å². The maximum absolute atomic E-state index is 12.6. The zero-order valence-electron chi connectivity index (χ0n) is 10.9. The summed E-state index contributed by atoms with van der Waals surface area (Å²) in [5, 5.41) is 6.69. The van der Waals surface area contributed by atoms with Gasteiger partial charge in [-0.3, -0.25) is 9.59 Å². The maximum atomic E-state index is 12.6. The average Bonchev–Trinajstić information content (AvgIpc) is 2.96. The smallest absolute Gasteiger partial charge is 0.249 e. The van der Waals surface area contributed by atoms with Crippen molar-refractivity contribution in [3.63, 3.8) is 0 Å². The number of aromatic nitrogens is 1. The van der Waals surface area contributed by atoms with E-state index in [1.165, 1.54) is 0 Å². The lowest BCUT2D eigenvalue weighted by molar-refractivity contribution is -0.150. The molecule has 0 unspecified atom stereocenters. The molecule has 1 aliphatic heterocycles. The summed E-state index contributed by atoms with van der Waals surface area (Å²) in [6, 6.07) is 1.79. The van der Waals surface area contributed by atoms with Crippen LogP contribution in [-0.2, 0) is 16.1 Å². The highest BCUT2D eigenvalue weighted by atomic mass is 16.5. The van der Waals surface area contributed by atoms with Crippen molar-refractivity contribution in [3.05, 3.63) is 17.5 Å². The second-order valence-electron chi connectivity index (χ2n) is 5.43. The van der Waals surface area contributed by atoms with Crippen molar-refractivity contribution < 1.29 is 14.1 Å². The predicted octanol–water partition coefficient (Wildman–Crippen LogP) is 0.754. The molecule has 1 aromatic rings. The Morgan fingerprint density at radius 1 is 1.42 bits per heavy atom. The van der Waals surface area contributed by atoms with E-state index in [0.717, 1.165) is 31.4 Å². The SMILES string of the molecule is Cc1cc(CN2CC(=O)NC3(CCCC3)C2=O)on1. The Labute approximate surface area is 111 Å². The van der Waals surface area contributed by atoms with Gasteiger partial charge >= 0.3 is 0 Å². The van der Waals surface area contributed by atoms with E-state index in [1.54, 1.807) is 11.0 Å². The Balaban J connectivity index is 1.80. The van der Waals surface area contributed by atoms with Gasteiger partial charge in [0.25, 0.3) is 0 Å². The molecule has 1 spiro atoms. The van der Waals surface area contributed by atoms with E-state index < -0.39 is 5.54 Å². The van der Waals surface area contributed by atoms with Gasteiger partial charge in [-0.1, -0.05) is 18.0 Å². The third-order valence-electron chi connectivity index (χ3n) is 3.89. The van der Waals surface area contributed by atoms with E-state index in [4.69, 9.17) is 4.52 Å². The van der Waals surface area contributed by atoms with Gasteiger partial charge in [-0.15, -0.1) is 0 Å². The molecular weight excluding hydrogens is 246 g/mol. The number of aryl methyl sites for hydroxylation is 1. The minimum absolute atomic E-state index is 0.0126. The highest BCUT2D eigenvalue weighted by Crippen LogP contribution is 2.33. The Kier molecular flexibility index (Phi) is 2.80. The molecule has 102 valence electrons. The molecule has 2 fully saturated rings. The Hall–Kier alpha value is -1.85. The number of carbonyl (C=O) groups excluding carboxylic acids is 2. The molecule has 1 N–H and O–H groups in total. The van der Waals surface area contributed by atoms with Crippen molar-refractivity contribution in [2.45, 2.75) is 44.7 Å². The van der Waals surface area contributed by atoms with Gasteiger partial charge in [0.05, 0.1) is 12.2 Å². The molecule has 6 nitrogen and oxygen atoms in total. The van der Waals surface area contributed by atoms with Gasteiger partial charge in [-0.05, 0) is 19.8 Å². The molecule has 2 aliphatic rings. The van der Waals surface area contributed by atoms with Crippen LogP contribution in [0.5, 0.6) is 0 Å². The number of nitrogens with one attached hydrogen (secondary N) is 1. The fourth-order valence-corrected chi connectivity index (χ4v) is 3.03. The molecule has 2 amide bonds. The van der Waals surface area contributed by atoms with Crippen molar-refractivity contribution in [2.24, 2.45) is 0 Å². The molecule has 2 heterocycles. The number of nitrogens with zero attached hydrogens (tertiary/aromatic N) is 2. The molecular formula is C13H17N3O3. The van der Waals surface area contributed by atoms with Crippen LogP contribution in [0.4, 0.5) is 0 Å². The summed E-state index contributed by atoms with van der Waals surface area (Å²) in [7, 11) is 0. The molecule has 1 aliphatic carbocycles. The number of carbonyl (C=O) groups is 2. The first-order valence-corrected chi connectivity index (χ1v) is 6.62. The number of rotatable bonds is 2. The highest BCUT2D eigenvalue weighted by Gasteiger charge is 2.48. The van der Waals surface area contributed by atoms with Crippen LogP contribution in [0.1, 0.15) is 37.1 Å². The molecule has 1 aromatic heterocycles. The molecule has 0 bridgehead atoms. The fourth-order valence-electron chi connectivity index (χ4n) is 3.03. The number of hydrogen-bond acceptors (Lipinski definition) is 4. The zero-order chi connectivity index (χ0) is 13.5. The lowest BCUT2D eigenvalue weighted by Gasteiger charge is -2.39. The summed E-state index contributed by atoms with van der Waals surface area (Å²) in [5.41, 5.74) is 0.115. The van der Waals surface area contributed by atoms with E-state index in [-0.39, 0.29) is 18.4 Å². The van der Waals surface area contributed by atoms with Crippen LogP contribution < -0.4 is 5.32 Å². The first-order chi connectivity index (χ1) is 9.09. The van der Waals surface area contributed by atoms with E-state index in [2.05, 4.69) is 10.5 Å². The largest absolute Gasteiger partial charge is 0.359 e. The Morgan fingerprint density at radius 2 is 2.16 bits per heavy atom. The third kappa shape index (κ3) is 2.11. The van der Waals surface area contributed by atoms with Crippen molar-refractivity contribution in [1.82, 2.24) is 15.4 Å². The first kappa shape index (κ1) is 12.2. The molecule has 0 radical (unpaired) electrons. The van der Waals surface area contributed by atoms with Crippen LogP contribution in [-0.4, -0.2) is 34.0 Å². The van der Waals surface area contributed by atoms with E-state index in [0.29, 0.717) is 12.3 Å². The summed E-state index contributed by atoms with van der Waals surface area (Å²) in [4.78, 5) is 26.0. The molecule has 0 aromatic carbocycles. The summed E-state index contributed by atoms with van der Waals surface area (Å²) < 4.78 is 5.13. The van der Waals surface area contributed by atoms with E-state index in [1.807, 2.05) is 6.92 Å². The second kappa shape index (κ2) is 4.36. The Bertz CT molecular complexity index is 517. The van der Waals surface area contributed by atoms with Crippen LogP contribution >= 0.6 is 0 Å². The lowest BCUT2D eigenvalue weighted by atomic mass is 9.93. The van der Waals surface area contributed by atoms with Crippen LogP contribution in [0, 0.1) is 6.92 Å². The lowest BCUT2D eigenvalue weighted by Crippen LogP contribution is -2.65. The predicted molar refractivity (Wildman–Crippen MR) is 66.0 cm³/mol. The third-order valence-corrected chi connectivity index (χ3v) is 3.89. The van der Waals surface area contributed by atoms with Gasteiger partial charge in [0.2, 0.25) is 11.8 Å². The van der Waals surface area contributed by atoms with E-state index >= 15 is 0 Å². The maximum Gasteiger partial charge on any atom is 0.249 e. The molecule has 1 saturated carbocycles. The number of amides is 2. The normalized spacial score (nSPS) is 22.1. The minimum atomic E-state index is -0.662.